The maximum absolute atomic E-state index is 5.90. The van der Waals surface area contributed by atoms with Crippen molar-refractivity contribution in [3.05, 3.63) is 29.8 Å². The summed E-state index contributed by atoms with van der Waals surface area (Å²) in [7, 11) is 0. The Morgan fingerprint density at radius 1 is 1.10 bits per heavy atom. The molecule has 114 valence electrons. The Morgan fingerprint density at radius 3 is 2.25 bits per heavy atom. The molecule has 1 aromatic carbocycles. The smallest absolute Gasteiger partial charge is 0.119 e. The van der Waals surface area contributed by atoms with E-state index in [0.29, 0.717) is 6.61 Å². The van der Waals surface area contributed by atoms with E-state index in [0.717, 1.165) is 25.3 Å². The summed E-state index contributed by atoms with van der Waals surface area (Å²) in [6, 6.07) is 8.52. The monoisotopic (exact) mass is 279 g/mol. The van der Waals surface area contributed by atoms with Gasteiger partial charge < -0.3 is 14.8 Å². The molecule has 0 aromatic heterocycles. The Labute approximate surface area is 123 Å². The number of likely N-dealkylation sites (N-methyl/N-ethyl adjacent to an activating group) is 1. The van der Waals surface area contributed by atoms with Gasteiger partial charge in [-0.25, -0.2) is 0 Å². The SMILES string of the molecule is CCCOc1ccc(C(COC(C)(C)C)NCC)cc1. The maximum Gasteiger partial charge on any atom is 0.119 e. The van der Waals surface area contributed by atoms with Gasteiger partial charge >= 0.3 is 0 Å². The summed E-state index contributed by atoms with van der Waals surface area (Å²) in [4.78, 5) is 0. The second-order valence-corrected chi connectivity index (χ2v) is 5.95. The molecular formula is C17H29NO2. The zero-order chi connectivity index (χ0) is 15.0. The molecule has 1 rings (SSSR count). The van der Waals surface area contributed by atoms with Crippen molar-refractivity contribution in [2.24, 2.45) is 0 Å². The minimum Gasteiger partial charge on any atom is -0.494 e. The first-order valence-electron chi connectivity index (χ1n) is 7.56. The van der Waals surface area contributed by atoms with Crippen LogP contribution >= 0.6 is 0 Å². The van der Waals surface area contributed by atoms with E-state index in [4.69, 9.17) is 9.47 Å². The minimum atomic E-state index is -0.113. The third-order valence-electron chi connectivity index (χ3n) is 2.89. The van der Waals surface area contributed by atoms with Gasteiger partial charge in [0.1, 0.15) is 5.75 Å². The Kier molecular flexibility index (Phi) is 7.03. The van der Waals surface area contributed by atoms with E-state index in [1.165, 1.54) is 5.56 Å². The molecule has 0 radical (unpaired) electrons. The standard InChI is InChI=1S/C17H29NO2/c1-6-12-19-15-10-8-14(9-11-15)16(18-7-2)13-20-17(3,4)5/h8-11,16,18H,6-7,12-13H2,1-5H3. The van der Waals surface area contributed by atoms with E-state index >= 15 is 0 Å². The number of nitrogens with one attached hydrogen (secondary N) is 1. The molecule has 0 amide bonds. The van der Waals surface area contributed by atoms with Gasteiger partial charge in [0.25, 0.3) is 0 Å². The third kappa shape index (κ3) is 6.40. The molecule has 3 nitrogen and oxygen atoms in total. The lowest BCUT2D eigenvalue weighted by Crippen LogP contribution is -2.30. The lowest BCUT2D eigenvalue weighted by molar-refractivity contribution is -0.0146. The fourth-order valence-corrected chi connectivity index (χ4v) is 1.87. The van der Waals surface area contributed by atoms with Crippen LogP contribution in [0.1, 0.15) is 52.6 Å². The highest BCUT2D eigenvalue weighted by Crippen LogP contribution is 2.20. The second-order valence-electron chi connectivity index (χ2n) is 5.95. The molecule has 1 aromatic rings. The number of hydrogen-bond acceptors (Lipinski definition) is 3. The average Bonchev–Trinajstić information content (AvgIpc) is 2.41. The molecule has 0 aliphatic carbocycles. The van der Waals surface area contributed by atoms with Crippen LogP contribution in [-0.4, -0.2) is 25.4 Å². The van der Waals surface area contributed by atoms with Gasteiger partial charge in [-0.2, -0.15) is 0 Å². The molecule has 1 N–H and O–H groups in total. The first kappa shape index (κ1) is 17.0. The van der Waals surface area contributed by atoms with Crippen LogP contribution in [0.2, 0.25) is 0 Å². The first-order chi connectivity index (χ1) is 9.46. The van der Waals surface area contributed by atoms with Crippen molar-refractivity contribution in [2.75, 3.05) is 19.8 Å². The number of rotatable bonds is 8. The molecule has 3 heteroatoms. The number of hydrogen-bond donors (Lipinski definition) is 1. The zero-order valence-electron chi connectivity index (χ0n) is 13.5. The highest BCUT2D eigenvalue weighted by molar-refractivity contribution is 5.29. The van der Waals surface area contributed by atoms with E-state index in [1.807, 2.05) is 12.1 Å². The van der Waals surface area contributed by atoms with Crippen molar-refractivity contribution in [1.82, 2.24) is 5.32 Å². The van der Waals surface area contributed by atoms with Gasteiger partial charge in [0.05, 0.1) is 24.9 Å². The van der Waals surface area contributed by atoms with Gasteiger partial charge in [-0.3, -0.25) is 0 Å². The van der Waals surface area contributed by atoms with Crippen LogP contribution in [0.5, 0.6) is 5.75 Å². The summed E-state index contributed by atoms with van der Waals surface area (Å²) in [6.45, 7) is 12.8. The highest BCUT2D eigenvalue weighted by Gasteiger charge is 2.16. The molecule has 0 fully saturated rings. The van der Waals surface area contributed by atoms with E-state index < -0.39 is 0 Å². The van der Waals surface area contributed by atoms with Crippen LogP contribution in [0, 0.1) is 0 Å². The molecule has 0 aliphatic heterocycles. The van der Waals surface area contributed by atoms with Crippen LogP contribution in [0.3, 0.4) is 0 Å². The normalized spacial score (nSPS) is 13.2. The van der Waals surface area contributed by atoms with Crippen LogP contribution in [0.25, 0.3) is 0 Å². The predicted molar refractivity (Wildman–Crippen MR) is 84.4 cm³/mol. The molecule has 0 saturated carbocycles. The highest BCUT2D eigenvalue weighted by atomic mass is 16.5. The summed E-state index contributed by atoms with van der Waals surface area (Å²) in [5, 5.41) is 3.47. The summed E-state index contributed by atoms with van der Waals surface area (Å²) in [5.41, 5.74) is 1.12. The Hall–Kier alpha value is -1.06. The van der Waals surface area contributed by atoms with Crippen molar-refractivity contribution in [2.45, 2.75) is 52.7 Å². The van der Waals surface area contributed by atoms with E-state index in [2.05, 4.69) is 52.1 Å². The summed E-state index contributed by atoms with van der Waals surface area (Å²) in [6.07, 6.45) is 1.03. The molecule has 0 spiro atoms. The van der Waals surface area contributed by atoms with Gasteiger partial charge in [-0.15, -0.1) is 0 Å². The topological polar surface area (TPSA) is 30.5 Å². The van der Waals surface area contributed by atoms with Crippen molar-refractivity contribution < 1.29 is 9.47 Å². The Morgan fingerprint density at radius 2 is 1.75 bits per heavy atom. The maximum atomic E-state index is 5.90. The van der Waals surface area contributed by atoms with Gasteiger partial charge in [0, 0.05) is 0 Å². The van der Waals surface area contributed by atoms with Crippen LogP contribution in [-0.2, 0) is 4.74 Å². The molecular weight excluding hydrogens is 250 g/mol. The van der Waals surface area contributed by atoms with Gasteiger partial charge in [-0.05, 0) is 51.4 Å². The lowest BCUT2D eigenvalue weighted by Gasteiger charge is -2.25. The molecule has 1 atom stereocenters. The van der Waals surface area contributed by atoms with Crippen molar-refractivity contribution in [3.8, 4) is 5.75 Å². The minimum absolute atomic E-state index is 0.113. The number of ether oxygens (including phenoxy) is 2. The summed E-state index contributed by atoms with van der Waals surface area (Å²) < 4.78 is 11.5. The molecule has 0 saturated heterocycles. The number of benzene rings is 1. The molecule has 1 unspecified atom stereocenters. The van der Waals surface area contributed by atoms with Gasteiger partial charge in [-0.1, -0.05) is 26.0 Å². The zero-order valence-corrected chi connectivity index (χ0v) is 13.5. The van der Waals surface area contributed by atoms with Gasteiger partial charge in [0.2, 0.25) is 0 Å². The largest absolute Gasteiger partial charge is 0.494 e. The predicted octanol–water partition coefficient (Wildman–Crippen LogP) is 3.94. The molecule has 20 heavy (non-hydrogen) atoms. The van der Waals surface area contributed by atoms with Crippen molar-refractivity contribution in [1.29, 1.82) is 0 Å². The van der Waals surface area contributed by atoms with Crippen LogP contribution in [0.15, 0.2) is 24.3 Å². The molecule has 0 bridgehead atoms. The van der Waals surface area contributed by atoms with Crippen LogP contribution in [0.4, 0.5) is 0 Å². The Balaban J connectivity index is 2.66. The van der Waals surface area contributed by atoms with Crippen molar-refractivity contribution in [3.63, 3.8) is 0 Å². The lowest BCUT2D eigenvalue weighted by atomic mass is 10.1. The molecule has 0 heterocycles. The Bertz CT molecular complexity index is 368. The first-order valence-corrected chi connectivity index (χ1v) is 7.56. The molecule has 0 aliphatic rings. The fourth-order valence-electron chi connectivity index (χ4n) is 1.87. The summed E-state index contributed by atoms with van der Waals surface area (Å²) >= 11 is 0. The van der Waals surface area contributed by atoms with Gasteiger partial charge in [0.15, 0.2) is 0 Å². The van der Waals surface area contributed by atoms with E-state index in [1.54, 1.807) is 0 Å². The van der Waals surface area contributed by atoms with E-state index in [-0.39, 0.29) is 11.6 Å². The summed E-state index contributed by atoms with van der Waals surface area (Å²) in [5.74, 6) is 0.933. The van der Waals surface area contributed by atoms with E-state index in [9.17, 15) is 0 Å². The van der Waals surface area contributed by atoms with Crippen molar-refractivity contribution >= 4 is 0 Å². The second kappa shape index (κ2) is 8.28. The quantitative estimate of drug-likeness (QED) is 0.782. The fraction of sp³-hybridized carbons (Fsp3) is 0.647. The van der Waals surface area contributed by atoms with Crippen LogP contribution < -0.4 is 10.1 Å². The average molecular weight is 279 g/mol. The third-order valence-corrected chi connectivity index (χ3v) is 2.89.